The third-order valence-electron chi connectivity index (χ3n) is 2.20. The van der Waals surface area contributed by atoms with Crippen LogP contribution in [0.25, 0.3) is 0 Å². The Balaban J connectivity index is -0.000000346. The quantitative estimate of drug-likeness (QED) is 0.520. The smallest absolute Gasteiger partial charge is 0.546 e. The van der Waals surface area contributed by atoms with E-state index >= 15 is 0 Å². The Labute approximate surface area is 160 Å². The van der Waals surface area contributed by atoms with Crippen LogP contribution in [0.1, 0.15) is 0 Å². The number of aliphatic carboxylic acids is 2. The third-order valence-corrected chi connectivity index (χ3v) is 2.20. The Kier molecular flexibility index (Phi) is 18.2. The number of hydrogen-bond acceptors (Lipinski definition) is 6. The molecule has 0 unspecified atom stereocenters. The van der Waals surface area contributed by atoms with Crippen LogP contribution in [0.2, 0.25) is 0 Å². The molecule has 25 heavy (non-hydrogen) atoms. The van der Waals surface area contributed by atoms with E-state index in [0.717, 1.165) is 0 Å². The van der Waals surface area contributed by atoms with Gasteiger partial charge in [0.2, 0.25) is 0 Å². The fourth-order valence-electron chi connectivity index (χ4n) is 1.32. The first kappa shape index (κ1) is 27.5. The van der Waals surface area contributed by atoms with E-state index in [2.05, 4.69) is 0 Å². The largest absolute Gasteiger partial charge is 2.00 e. The van der Waals surface area contributed by atoms with Gasteiger partial charge in [-0.15, -0.1) is 0 Å². The molecule has 0 atom stereocenters. The molecule has 8 nitrogen and oxygen atoms in total. The number of hydrogen-bond donors (Lipinski definition) is 0. The van der Waals surface area contributed by atoms with Crippen molar-refractivity contribution >= 4 is 35.0 Å². The second kappa shape index (κ2) is 16.5. The molecule has 0 bridgehead atoms. The summed E-state index contributed by atoms with van der Waals surface area (Å²) >= 11 is 0. The summed E-state index contributed by atoms with van der Waals surface area (Å²) in [5, 5.41) is 19.9. The fraction of sp³-hybridized carbons (Fsp3) is 0.125. The summed E-state index contributed by atoms with van der Waals surface area (Å²) in [6, 6.07) is 17.5. The van der Waals surface area contributed by atoms with E-state index in [1.54, 1.807) is 48.5 Å². The molecule has 0 aliphatic carbocycles. The van der Waals surface area contributed by atoms with Gasteiger partial charge in [0, 0.05) is 0 Å². The fourth-order valence-corrected chi connectivity index (χ4v) is 1.32. The van der Waals surface area contributed by atoms with Crippen LogP contribution in [-0.4, -0.2) is 59.2 Å². The van der Waals surface area contributed by atoms with E-state index in [-0.39, 0.29) is 34.0 Å². The van der Waals surface area contributed by atoms with Gasteiger partial charge in [-0.05, 0) is 24.3 Å². The van der Waals surface area contributed by atoms with Crippen molar-refractivity contribution in [3.8, 4) is 11.5 Å². The van der Waals surface area contributed by atoms with E-state index in [4.69, 9.17) is 9.47 Å². The average molecular weight is 363 g/mol. The van der Waals surface area contributed by atoms with Gasteiger partial charge in [-0.1, -0.05) is 36.4 Å². The summed E-state index contributed by atoms with van der Waals surface area (Å²) in [5.41, 5.74) is 0. The maximum atomic E-state index is 9.94. The van der Waals surface area contributed by atoms with Crippen LogP contribution < -0.4 is 19.7 Å². The van der Waals surface area contributed by atoms with Crippen LogP contribution in [0.4, 0.5) is 0 Å². The minimum Gasteiger partial charge on any atom is -0.546 e. The zero-order valence-corrected chi connectivity index (χ0v) is 14.8. The van der Waals surface area contributed by atoms with Crippen molar-refractivity contribution in [1.29, 1.82) is 0 Å². The van der Waals surface area contributed by atoms with Crippen molar-refractivity contribution < 1.29 is 40.2 Å². The first-order chi connectivity index (χ1) is 10.6. The molecule has 0 aliphatic heterocycles. The molecular formula is C16H18MgO8. The molecule has 2 aromatic carbocycles. The molecule has 132 valence electrons. The molecule has 0 amide bonds. The number of para-hydroxylation sites is 2. The standard InChI is InChI=1S/2C8H8O3.Mg.2H2O/c2*9-8(10)6-11-7-4-2-1-3-5-7;;;/h2*1-5H,6H2,(H,9,10);;2*1H2/q;;+2;;/p-2. The van der Waals surface area contributed by atoms with Crippen molar-refractivity contribution in [3.05, 3.63) is 60.7 Å². The van der Waals surface area contributed by atoms with Gasteiger partial charge in [-0.2, -0.15) is 0 Å². The second-order valence-corrected chi connectivity index (χ2v) is 3.95. The molecule has 0 radical (unpaired) electrons. The molecule has 0 aromatic heterocycles. The summed E-state index contributed by atoms with van der Waals surface area (Å²) in [7, 11) is 0. The Bertz CT molecular complexity index is 524. The number of carboxylic acid groups (broad SMARTS) is 2. The molecular weight excluding hydrogens is 344 g/mol. The molecule has 4 N–H and O–H groups in total. The molecule has 0 saturated carbocycles. The number of carbonyl (C=O) groups excluding carboxylic acids is 2. The molecule has 0 aliphatic rings. The average Bonchev–Trinajstić information content (AvgIpc) is 2.53. The van der Waals surface area contributed by atoms with Gasteiger partial charge >= 0.3 is 23.1 Å². The first-order valence-electron chi connectivity index (χ1n) is 6.33. The van der Waals surface area contributed by atoms with Gasteiger partial charge in [0.25, 0.3) is 0 Å². The van der Waals surface area contributed by atoms with Gasteiger partial charge < -0.3 is 40.2 Å². The third kappa shape index (κ3) is 15.0. The Hall–Kier alpha value is -2.33. The molecule has 0 saturated heterocycles. The van der Waals surface area contributed by atoms with Gasteiger partial charge in [0.15, 0.2) is 0 Å². The van der Waals surface area contributed by atoms with Gasteiger partial charge in [0.05, 0.1) is 11.9 Å². The van der Waals surface area contributed by atoms with Crippen molar-refractivity contribution in [3.63, 3.8) is 0 Å². The van der Waals surface area contributed by atoms with Crippen molar-refractivity contribution in [2.24, 2.45) is 0 Å². The van der Waals surface area contributed by atoms with Crippen LogP contribution in [0.15, 0.2) is 60.7 Å². The molecule has 9 heteroatoms. The van der Waals surface area contributed by atoms with Gasteiger partial charge in [-0.25, -0.2) is 0 Å². The van der Waals surface area contributed by atoms with E-state index in [9.17, 15) is 19.8 Å². The SMILES string of the molecule is O.O.O=C([O-])COc1ccccc1.O=C([O-])COc1ccccc1.[Mg+2]. The molecule has 2 aromatic rings. The maximum absolute atomic E-state index is 9.94. The van der Waals surface area contributed by atoms with Crippen molar-refractivity contribution in [2.75, 3.05) is 13.2 Å². The Morgan fingerprint density at radius 3 is 1.20 bits per heavy atom. The van der Waals surface area contributed by atoms with Crippen molar-refractivity contribution in [1.82, 2.24) is 0 Å². The van der Waals surface area contributed by atoms with Crippen LogP contribution in [0, 0.1) is 0 Å². The van der Waals surface area contributed by atoms with E-state index in [1.165, 1.54) is 0 Å². The van der Waals surface area contributed by atoms with Crippen LogP contribution in [0.3, 0.4) is 0 Å². The maximum Gasteiger partial charge on any atom is 2.00 e. The molecule has 2 rings (SSSR count). The molecule has 0 fully saturated rings. The number of carbonyl (C=O) groups is 2. The predicted molar refractivity (Wildman–Crippen MR) is 86.9 cm³/mol. The summed E-state index contributed by atoms with van der Waals surface area (Å²) in [6.45, 7) is -0.798. The topological polar surface area (TPSA) is 162 Å². The van der Waals surface area contributed by atoms with E-state index in [1.807, 2.05) is 12.1 Å². The Morgan fingerprint density at radius 1 is 0.680 bits per heavy atom. The van der Waals surface area contributed by atoms with Crippen molar-refractivity contribution in [2.45, 2.75) is 0 Å². The summed E-state index contributed by atoms with van der Waals surface area (Å²) in [5.74, 6) is -1.35. The molecule has 0 heterocycles. The Morgan fingerprint density at radius 2 is 0.960 bits per heavy atom. The number of ether oxygens (including phenoxy) is 2. The number of carboxylic acids is 2. The monoisotopic (exact) mass is 362 g/mol. The summed E-state index contributed by atoms with van der Waals surface area (Å²) < 4.78 is 9.61. The minimum absolute atomic E-state index is 0. The van der Waals surface area contributed by atoms with Crippen LogP contribution in [0.5, 0.6) is 11.5 Å². The van der Waals surface area contributed by atoms with Gasteiger partial charge in [-0.3, -0.25) is 0 Å². The molecule has 0 spiro atoms. The predicted octanol–water partition coefficient (Wildman–Crippen LogP) is -2.40. The minimum atomic E-state index is -1.21. The summed E-state index contributed by atoms with van der Waals surface area (Å²) in [4.78, 5) is 19.9. The second-order valence-electron chi connectivity index (χ2n) is 3.95. The van der Waals surface area contributed by atoms with Gasteiger partial charge in [0.1, 0.15) is 24.7 Å². The van der Waals surface area contributed by atoms with Crippen LogP contribution >= 0.6 is 0 Å². The van der Waals surface area contributed by atoms with Crippen LogP contribution in [-0.2, 0) is 9.59 Å². The number of rotatable bonds is 6. The zero-order valence-electron chi connectivity index (χ0n) is 13.3. The zero-order chi connectivity index (χ0) is 16.2. The van der Waals surface area contributed by atoms with E-state index < -0.39 is 25.2 Å². The normalized spacial score (nSPS) is 8.00. The first-order valence-corrected chi connectivity index (χ1v) is 6.33. The van der Waals surface area contributed by atoms with E-state index in [0.29, 0.717) is 11.5 Å². The number of benzene rings is 2. The summed E-state index contributed by atoms with van der Waals surface area (Å²) in [6.07, 6.45) is 0.